The highest BCUT2D eigenvalue weighted by atomic mass is 16.6. The van der Waals surface area contributed by atoms with E-state index in [-0.39, 0.29) is 30.4 Å². The molecular formula is C20H23NO3. The Kier molecular flexibility index (Phi) is 3.91. The van der Waals surface area contributed by atoms with Gasteiger partial charge in [-0.05, 0) is 36.8 Å². The Balaban J connectivity index is 1.51. The zero-order valence-electron chi connectivity index (χ0n) is 14.0. The van der Waals surface area contributed by atoms with Crippen LogP contribution in [0.2, 0.25) is 0 Å². The van der Waals surface area contributed by atoms with Crippen molar-refractivity contribution in [2.75, 3.05) is 6.54 Å². The summed E-state index contributed by atoms with van der Waals surface area (Å²) >= 11 is 0. The highest BCUT2D eigenvalue weighted by Crippen LogP contribution is 2.46. The fourth-order valence-corrected chi connectivity index (χ4v) is 4.55. The smallest absolute Gasteiger partial charge is 0.410 e. The molecule has 0 aromatic heterocycles. The van der Waals surface area contributed by atoms with Gasteiger partial charge in [-0.1, -0.05) is 42.8 Å². The van der Waals surface area contributed by atoms with Gasteiger partial charge in [-0.3, -0.25) is 4.79 Å². The monoisotopic (exact) mass is 325 g/mol. The number of carbonyl (C=O) groups excluding carboxylic acids is 2. The molecule has 126 valence electrons. The Morgan fingerprint density at radius 1 is 1.25 bits per heavy atom. The third-order valence-corrected chi connectivity index (χ3v) is 5.69. The van der Waals surface area contributed by atoms with Crippen LogP contribution >= 0.6 is 0 Å². The van der Waals surface area contributed by atoms with Crippen LogP contribution in [0.4, 0.5) is 4.79 Å². The standard InChI is InChI=1S/C20H23NO3/c1-13-7-15-10-19(22)16-9-17(15)18(8-13)21(11-16)20(23)24-12-14-5-3-2-4-6-14/h2-6,10,13,16-18H,7-9,11-12H2,1H3. The van der Waals surface area contributed by atoms with E-state index in [2.05, 4.69) is 6.92 Å². The maximum absolute atomic E-state index is 12.7. The number of ether oxygens (including phenoxy) is 1. The Morgan fingerprint density at radius 2 is 2.04 bits per heavy atom. The zero-order chi connectivity index (χ0) is 16.7. The lowest BCUT2D eigenvalue weighted by molar-refractivity contribution is -0.122. The van der Waals surface area contributed by atoms with E-state index in [0.717, 1.165) is 24.8 Å². The molecule has 1 aromatic rings. The van der Waals surface area contributed by atoms with E-state index < -0.39 is 0 Å². The first kappa shape index (κ1) is 15.4. The molecule has 1 heterocycles. The minimum absolute atomic E-state index is 0.0484. The van der Waals surface area contributed by atoms with Crippen molar-refractivity contribution < 1.29 is 14.3 Å². The van der Waals surface area contributed by atoms with Gasteiger partial charge in [-0.25, -0.2) is 4.79 Å². The normalized spacial score (nSPS) is 31.5. The second kappa shape index (κ2) is 6.08. The zero-order valence-corrected chi connectivity index (χ0v) is 14.0. The maximum atomic E-state index is 12.7. The molecule has 1 saturated carbocycles. The quantitative estimate of drug-likeness (QED) is 0.835. The summed E-state index contributed by atoms with van der Waals surface area (Å²) in [5.41, 5.74) is 2.23. The summed E-state index contributed by atoms with van der Waals surface area (Å²) in [6, 6.07) is 9.91. The molecule has 4 atom stereocenters. The maximum Gasteiger partial charge on any atom is 0.410 e. The van der Waals surface area contributed by atoms with E-state index in [0.29, 0.717) is 18.4 Å². The molecule has 3 aliphatic rings. The minimum Gasteiger partial charge on any atom is -0.445 e. The first-order chi connectivity index (χ1) is 11.6. The number of carbonyl (C=O) groups is 2. The van der Waals surface area contributed by atoms with Crippen molar-refractivity contribution in [2.45, 2.75) is 38.8 Å². The fourth-order valence-electron chi connectivity index (χ4n) is 4.55. The predicted molar refractivity (Wildman–Crippen MR) is 90.2 cm³/mol. The molecule has 0 radical (unpaired) electrons. The molecule has 2 bridgehead atoms. The van der Waals surface area contributed by atoms with Crippen LogP contribution in [-0.2, 0) is 16.1 Å². The van der Waals surface area contributed by atoms with Crippen molar-refractivity contribution in [3.63, 3.8) is 0 Å². The molecule has 1 saturated heterocycles. The average molecular weight is 325 g/mol. The van der Waals surface area contributed by atoms with Gasteiger partial charge in [0.25, 0.3) is 0 Å². The summed E-state index contributed by atoms with van der Waals surface area (Å²) in [6.45, 7) is 2.99. The van der Waals surface area contributed by atoms with Gasteiger partial charge in [-0.2, -0.15) is 0 Å². The molecule has 4 nitrogen and oxygen atoms in total. The highest BCUT2D eigenvalue weighted by Gasteiger charge is 2.47. The van der Waals surface area contributed by atoms with Crippen LogP contribution in [0.15, 0.2) is 42.0 Å². The largest absolute Gasteiger partial charge is 0.445 e. The van der Waals surface area contributed by atoms with Crippen molar-refractivity contribution >= 4 is 11.9 Å². The van der Waals surface area contributed by atoms with Crippen LogP contribution in [0.5, 0.6) is 0 Å². The number of nitrogens with zero attached hydrogens (tertiary/aromatic N) is 1. The number of hydrogen-bond donors (Lipinski definition) is 0. The average Bonchev–Trinajstić information content (AvgIpc) is 2.59. The van der Waals surface area contributed by atoms with Gasteiger partial charge in [-0.15, -0.1) is 0 Å². The molecule has 4 rings (SSSR count). The minimum atomic E-state index is -0.276. The number of likely N-dealkylation sites (tertiary alicyclic amines) is 1. The van der Waals surface area contributed by atoms with E-state index in [9.17, 15) is 9.59 Å². The molecular weight excluding hydrogens is 302 g/mol. The lowest BCUT2D eigenvalue weighted by Gasteiger charge is -2.50. The van der Waals surface area contributed by atoms with E-state index in [1.807, 2.05) is 41.3 Å². The van der Waals surface area contributed by atoms with E-state index in [1.165, 1.54) is 5.57 Å². The van der Waals surface area contributed by atoms with Gasteiger partial charge in [0.2, 0.25) is 0 Å². The number of fused-ring (bicyclic) bond motifs is 1. The summed E-state index contributed by atoms with van der Waals surface area (Å²) in [6.07, 6.45) is 4.50. The van der Waals surface area contributed by atoms with Gasteiger partial charge in [0.1, 0.15) is 6.61 Å². The Bertz CT molecular complexity index is 681. The number of rotatable bonds is 2. The van der Waals surface area contributed by atoms with Crippen LogP contribution in [0.3, 0.4) is 0 Å². The van der Waals surface area contributed by atoms with Gasteiger partial charge in [0.15, 0.2) is 5.78 Å². The molecule has 4 unspecified atom stereocenters. The third-order valence-electron chi connectivity index (χ3n) is 5.69. The fraction of sp³-hybridized carbons (Fsp3) is 0.500. The van der Waals surface area contributed by atoms with Gasteiger partial charge < -0.3 is 9.64 Å². The molecule has 1 aromatic carbocycles. The van der Waals surface area contributed by atoms with Crippen molar-refractivity contribution in [3.05, 3.63) is 47.5 Å². The molecule has 24 heavy (non-hydrogen) atoms. The topological polar surface area (TPSA) is 46.6 Å². The van der Waals surface area contributed by atoms with E-state index >= 15 is 0 Å². The van der Waals surface area contributed by atoms with Crippen LogP contribution in [0.25, 0.3) is 0 Å². The van der Waals surface area contributed by atoms with E-state index in [1.54, 1.807) is 0 Å². The molecule has 2 aliphatic carbocycles. The van der Waals surface area contributed by atoms with E-state index in [4.69, 9.17) is 4.74 Å². The third kappa shape index (κ3) is 2.74. The van der Waals surface area contributed by atoms with Crippen LogP contribution in [0, 0.1) is 17.8 Å². The van der Waals surface area contributed by atoms with Gasteiger partial charge in [0, 0.05) is 24.4 Å². The Hall–Kier alpha value is -2.10. The van der Waals surface area contributed by atoms with Crippen LogP contribution in [-0.4, -0.2) is 29.4 Å². The lowest BCUT2D eigenvalue weighted by Crippen LogP contribution is -2.57. The van der Waals surface area contributed by atoms with Gasteiger partial charge >= 0.3 is 6.09 Å². The molecule has 1 aliphatic heterocycles. The molecule has 0 N–H and O–H groups in total. The lowest BCUT2D eigenvalue weighted by atomic mass is 9.65. The molecule has 0 spiro atoms. The highest BCUT2D eigenvalue weighted by molar-refractivity contribution is 5.94. The second-order valence-electron chi connectivity index (χ2n) is 7.47. The number of amides is 1. The van der Waals surface area contributed by atoms with Crippen molar-refractivity contribution in [3.8, 4) is 0 Å². The van der Waals surface area contributed by atoms with Crippen LogP contribution in [0.1, 0.15) is 31.7 Å². The van der Waals surface area contributed by atoms with Crippen molar-refractivity contribution in [1.29, 1.82) is 0 Å². The number of allylic oxidation sites excluding steroid dienone is 1. The van der Waals surface area contributed by atoms with Crippen molar-refractivity contribution in [2.24, 2.45) is 17.8 Å². The summed E-state index contributed by atoms with van der Waals surface area (Å²) in [5.74, 6) is 0.994. The number of benzene rings is 1. The summed E-state index contributed by atoms with van der Waals surface area (Å²) in [5, 5.41) is 0. The summed E-state index contributed by atoms with van der Waals surface area (Å²) < 4.78 is 5.55. The molecule has 4 heteroatoms. The van der Waals surface area contributed by atoms with Crippen LogP contribution < -0.4 is 0 Å². The second-order valence-corrected chi connectivity index (χ2v) is 7.47. The number of ketones is 1. The SMILES string of the molecule is CC1CC2=CC(=O)C3CC2C(C1)N(C(=O)OCc1ccccc1)C3. The molecule has 1 amide bonds. The Morgan fingerprint density at radius 3 is 2.83 bits per heavy atom. The first-order valence-electron chi connectivity index (χ1n) is 8.83. The number of piperidine rings is 1. The molecule has 2 fully saturated rings. The summed E-state index contributed by atoms with van der Waals surface area (Å²) in [4.78, 5) is 26.8. The van der Waals surface area contributed by atoms with Gasteiger partial charge in [0.05, 0.1) is 0 Å². The Labute approximate surface area is 142 Å². The van der Waals surface area contributed by atoms with Crippen molar-refractivity contribution in [1.82, 2.24) is 4.90 Å². The summed E-state index contributed by atoms with van der Waals surface area (Å²) in [7, 11) is 0. The first-order valence-corrected chi connectivity index (χ1v) is 8.83. The number of hydrogen-bond acceptors (Lipinski definition) is 3. The predicted octanol–water partition coefficient (Wildman–Crippen LogP) is 3.57.